The average molecular weight is 198 g/mol. The maximum Gasteiger partial charge on any atom is 0.0435 e. The quantitative estimate of drug-likeness (QED) is 0.671. The molecule has 1 aromatic rings. The zero-order valence-electron chi connectivity index (χ0n) is 8.20. The van der Waals surface area contributed by atoms with Gasteiger partial charge in [-0.3, -0.25) is 0 Å². The Morgan fingerprint density at radius 2 is 1.92 bits per heavy atom. The van der Waals surface area contributed by atoms with Gasteiger partial charge in [-0.05, 0) is 19.5 Å². The second-order valence-electron chi connectivity index (χ2n) is 3.46. The zero-order valence-corrected chi connectivity index (χ0v) is 8.96. The van der Waals surface area contributed by atoms with Crippen molar-refractivity contribution in [3.05, 3.63) is 35.9 Å². The van der Waals surface area contributed by atoms with Crippen molar-refractivity contribution in [3.8, 4) is 0 Å². The fraction of sp³-hybridized carbons (Fsp3) is 0.455. The van der Waals surface area contributed by atoms with E-state index in [-0.39, 0.29) is 5.38 Å². The van der Waals surface area contributed by atoms with E-state index in [0.29, 0.717) is 0 Å². The summed E-state index contributed by atoms with van der Waals surface area (Å²) in [6.45, 7) is 3.91. The van der Waals surface area contributed by atoms with E-state index in [0.717, 1.165) is 13.1 Å². The first-order chi connectivity index (χ1) is 6.18. The predicted molar refractivity (Wildman–Crippen MR) is 58.1 cm³/mol. The molecule has 1 atom stereocenters. The van der Waals surface area contributed by atoms with Gasteiger partial charge in [-0.1, -0.05) is 30.3 Å². The van der Waals surface area contributed by atoms with Crippen LogP contribution in [0.2, 0.25) is 0 Å². The molecule has 1 rings (SSSR count). The fourth-order valence-electron chi connectivity index (χ4n) is 1.39. The average Bonchev–Trinajstić information content (AvgIpc) is 2.04. The van der Waals surface area contributed by atoms with Crippen molar-refractivity contribution < 1.29 is 0 Å². The molecule has 0 aliphatic rings. The second kappa shape index (κ2) is 5.25. The summed E-state index contributed by atoms with van der Waals surface area (Å²) in [5.41, 5.74) is 1.34. The molecule has 0 heterocycles. The highest BCUT2D eigenvalue weighted by Gasteiger charge is 2.02. The summed E-state index contributed by atoms with van der Waals surface area (Å²) >= 11 is 5.90. The summed E-state index contributed by atoms with van der Waals surface area (Å²) < 4.78 is 0. The molecule has 72 valence electrons. The SMILES string of the molecule is C[C@@H](Cl)CN(C)Cc1ccccc1. The van der Waals surface area contributed by atoms with E-state index in [1.807, 2.05) is 13.0 Å². The lowest BCUT2D eigenvalue weighted by atomic mass is 10.2. The maximum absolute atomic E-state index is 5.90. The van der Waals surface area contributed by atoms with Gasteiger partial charge in [0.05, 0.1) is 0 Å². The van der Waals surface area contributed by atoms with Gasteiger partial charge in [0.15, 0.2) is 0 Å². The summed E-state index contributed by atoms with van der Waals surface area (Å²) in [5, 5.41) is 0.216. The first-order valence-electron chi connectivity index (χ1n) is 4.55. The Kier molecular flexibility index (Phi) is 4.26. The van der Waals surface area contributed by atoms with Gasteiger partial charge in [0.1, 0.15) is 0 Å². The molecule has 0 N–H and O–H groups in total. The third-order valence-electron chi connectivity index (χ3n) is 1.86. The van der Waals surface area contributed by atoms with E-state index in [1.54, 1.807) is 0 Å². The predicted octanol–water partition coefficient (Wildman–Crippen LogP) is 2.75. The van der Waals surface area contributed by atoms with Gasteiger partial charge in [-0.25, -0.2) is 0 Å². The summed E-state index contributed by atoms with van der Waals surface area (Å²) in [5.74, 6) is 0. The molecule has 0 radical (unpaired) electrons. The summed E-state index contributed by atoms with van der Waals surface area (Å²) in [6.07, 6.45) is 0. The van der Waals surface area contributed by atoms with E-state index in [2.05, 4.69) is 36.2 Å². The topological polar surface area (TPSA) is 3.24 Å². The van der Waals surface area contributed by atoms with E-state index in [4.69, 9.17) is 11.6 Å². The Morgan fingerprint density at radius 3 is 2.46 bits per heavy atom. The van der Waals surface area contributed by atoms with Gasteiger partial charge in [-0.15, -0.1) is 11.6 Å². The van der Waals surface area contributed by atoms with Gasteiger partial charge in [0, 0.05) is 18.5 Å². The summed E-state index contributed by atoms with van der Waals surface area (Å²) in [7, 11) is 2.09. The zero-order chi connectivity index (χ0) is 9.68. The standard InChI is InChI=1S/C11H16ClN/c1-10(12)8-13(2)9-11-6-4-3-5-7-11/h3-7,10H,8-9H2,1-2H3/t10-/m1/s1. The highest BCUT2D eigenvalue weighted by molar-refractivity contribution is 6.20. The number of rotatable bonds is 4. The molecular weight excluding hydrogens is 182 g/mol. The van der Waals surface area contributed by atoms with Crippen LogP contribution in [-0.4, -0.2) is 23.9 Å². The van der Waals surface area contributed by atoms with Crippen molar-refractivity contribution in [1.82, 2.24) is 4.90 Å². The normalized spacial score (nSPS) is 13.2. The summed E-state index contributed by atoms with van der Waals surface area (Å²) in [6, 6.07) is 10.4. The molecule has 0 fully saturated rings. The van der Waals surface area contributed by atoms with Crippen LogP contribution in [0.25, 0.3) is 0 Å². The largest absolute Gasteiger partial charge is 0.301 e. The minimum Gasteiger partial charge on any atom is -0.301 e. The van der Waals surface area contributed by atoms with Crippen molar-refractivity contribution in [2.75, 3.05) is 13.6 Å². The lowest BCUT2D eigenvalue weighted by Gasteiger charge is -2.17. The van der Waals surface area contributed by atoms with Crippen LogP contribution in [0.4, 0.5) is 0 Å². The highest BCUT2D eigenvalue weighted by atomic mass is 35.5. The third-order valence-corrected chi connectivity index (χ3v) is 2.00. The van der Waals surface area contributed by atoms with Crippen molar-refractivity contribution in [2.24, 2.45) is 0 Å². The van der Waals surface area contributed by atoms with E-state index >= 15 is 0 Å². The minimum absolute atomic E-state index is 0.216. The van der Waals surface area contributed by atoms with Crippen LogP contribution in [0, 0.1) is 0 Å². The molecule has 0 unspecified atom stereocenters. The van der Waals surface area contributed by atoms with Crippen LogP contribution in [0.1, 0.15) is 12.5 Å². The molecule has 0 spiro atoms. The molecular formula is C11H16ClN. The second-order valence-corrected chi connectivity index (χ2v) is 4.21. The number of hydrogen-bond acceptors (Lipinski definition) is 1. The Hall–Kier alpha value is -0.530. The van der Waals surface area contributed by atoms with Gasteiger partial charge in [0.25, 0.3) is 0 Å². The Labute approximate surface area is 85.3 Å². The molecule has 0 aliphatic heterocycles. The monoisotopic (exact) mass is 197 g/mol. The van der Waals surface area contributed by atoms with Crippen molar-refractivity contribution in [2.45, 2.75) is 18.8 Å². The molecule has 13 heavy (non-hydrogen) atoms. The van der Waals surface area contributed by atoms with Crippen LogP contribution < -0.4 is 0 Å². The molecule has 0 saturated heterocycles. The number of alkyl halides is 1. The van der Waals surface area contributed by atoms with E-state index in [9.17, 15) is 0 Å². The van der Waals surface area contributed by atoms with Crippen LogP contribution in [0.3, 0.4) is 0 Å². The lowest BCUT2D eigenvalue weighted by Crippen LogP contribution is -2.24. The Morgan fingerprint density at radius 1 is 1.31 bits per heavy atom. The number of benzene rings is 1. The van der Waals surface area contributed by atoms with Crippen LogP contribution in [-0.2, 0) is 6.54 Å². The molecule has 1 nitrogen and oxygen atoms in total. The molecule has 0 aromatic heterocycles. The van der Waals surface area contributed by atoms with Crippen LogP contribution in [0.15, 0.2) is 30.3 Å². The van der Waals surface area contributed by atoms with Crippen molar-refractivity contribution in [3.63, 3.8) is 0 Å². The minimum atomic E-state index is 0.216. The summed E-state index contributed by atoms with van der Waals surface area (Å²) in [4.78, 5) is 2.23. The molecule has 0 saturated carbocycles. The molecule has 1 aromatic carbocycles. The first kappa shape index (κ1) is 10.6. The molecule has 0 aliphatic carbocycles. The third kappa shape index (κ3) is 4.30. The Balaban J connectivity index is 2.41. The Bertz CT molecular complexity index is 233. The van der Waals surface area contributed by atoms with Crippen LogP contribution in [0.5, 0.6) is 0 Å². The van der Waals surface area contributed by atoms with Crippen molar-refractivity contribution >= 4 is 11.6 Å². The lowest BCUT2D eigenvalue weighted by molar-refractivity contribution is 0.330. The van der Waals surface area contributed by atoms with Crippen LogP contribution >= 0.6 is 11.6 Å². The smallest absolute Gasteiger partial charge is 0.0435 e. The van der Waals surface area contributed by atoms with E-state index in [1.165, 1.54) is 5.56 Å². The molecule has 0 amide bonds. The molecule has 0 bridgehead atoms. The fourth-order valence-corrected chi connectivity index (χ4v) is 1.62. The number of nitrogens with zero attached hydrogens (tertiary/aromatic N) is 1. The maximum atomic E-state index is 5.90. The molecule has 2 heteroatoms. The van der Waals surface area contributed by atoms with Gasteiger partial charge < -0.3 is 4.90 Å². The number of halogens is 1. The highest BCUT2D eigenvalue weighted by Crippen LogP contribution is 2.04. The van der Waals surface area contributed by atoms with Crippen molar-refractivity contribution in [1.29, 1.82) is 0 Å². The van der Waals surface area contributed by atoms with Gasteiger partial charge in [-0.2, -0.15) is 0 Å². The first-order valence-corrected chi connectivity index (χ1v) is 4.98. The van der Waals surface area contributed by atoms with E-state index < -0.39 is 0 Å². The van der Waals surface area contributed by atoms with Gasteiger partial charge >= 0.3 is 0 Å². The number of hydrogen-bond donors (Lipinski definition) is 0. The van der Waals surface area contributed by atoms with Gasteiger partial charge in [0.2, 0.25) is 0 Å².